The van der Waals surface area contributed by atoms with Crippen LogP contribution in [0.2, 0.25) is 0 Å². The second-order valence-electron chi connectivity index (χ2n) is 5.83. The molecule has 2 aliphatic rings. The van der Waals surface area contributed by atoms with E-state index in [1.54, 1.807) is 0 Å². The van der Waals surface area contributed by atoms with Crippen molar-refractivity contribution in [1.82, 2.24) is 10.2 Å². The minimum absolute atomic E-state index is 0.183. The molecule has 4 nitrogen and oxygen atoms in total. The number of hydrogen-bond acceptors (Lipinski definition) is 3. The topological polar surface area (TPSA) is 41.6 Å². The molecule has 2 rings (SSSR count). The lowest BCUT2D eigenvalue weighted by molar-refractivity contribution is -0.124. The van der Waals surface area contributed by atoms with Crippen molar-refractivity contribution in [1.29, 1.82) is 0 Å². The van der Waals surface area contributed by atoms with Gasteiger partial charge in [0.25, 0.3) is 0 Å². The summed E-state index contributed by atoms with van der Waals surface area (Å²) in [5.74, 6) is 1.52. The van der Waals surface area contributed by atoms with E-state index in [9.17, 15) is 4.79 Å². The van der Waals surface area contributed by atoms with Crippen LogP contribution in [0.5, 0.6) is 0 Å². The molecule has 1 heterocycles. The second-order valence-corrected chi connectivity index (χ2v) is 5.83. The van der Waals surface area contributed by atoms with Crippen LogP contribution in [0.1, 0.15) is 33.1 Å². The third-order valence-electron chi connectivity index (χ3n) is 4.52. The monoisotopic (exact) mass is 254 g/mol. The predicted octanol–water partition coefficient (Wildman–Crippen LogP) is 1.26. The first-order chi connectivity index (χ1) is 8.66. The van der Waals surface area contributed by atoms with Crippen molar-refractivity contribution in [2.75, 3.05) is 32.8 Å². The van der Waals surface area contributed by atoms with Crippen LogP contribution in [0, 0.1) is 11.8 Å². The molecular formula is C14H26N2O2. The summed E-state index contributed by atoms with van der Waals surface area (Å²) < 4.78 is 5.29. The highest BCUT2D eigenvalue weighted by molar-refractivity contribution is 5.78. The maximum atomic E-state index is 12.0. The van der Waals surface area contributed by atoms with Gasteiger partial charge < -0.3 is 10.1 Å². The van der Waals surface area contributed by atoms with Gasteiger partial charge in [-0.25, -0.2) is 0 Å². The Morgan fingerprint density at radius 3 is 2.72 bits per heavy atom. The normalized spacial score (nSPS) is 34.2. The SMILES string of the molecule is CC1CCCC(NC(=O)CN2CCOCC2)C1C. The van der Waals surface area contributed by atoms with E-state index >= 15 is 0 Å². The van der Waals surface area contributed by atoms with E-state index in [4.69, 9.17) is 4.74 Å². The van der Waals surface area contributed by atoms with Gasteiger partial charge in [-0.05, 0) is 18.3 Å². The predicted molar refractivity (Wildman–Crippen MR) is 71.4 cm³/mol. The van der Waals surface area contributed by atoms with Crippen LogP contribution in [0.4, 0.5) is 0 Å². The molecule has 1 N–H and O–H groups in total. The molecule has 1 aliphatic heterocycles. The largest absolute Gasteiger partial charge is 0.379 e. The van der Waals surface area contributed by atoms with E-state index in [-0.39, 0.29) is 5.91 Å². The zero-order valence-corrected chi connectivity index (χ0v) is 11.7. The fourth-order valence-corrected chi connectivity index (χ4v) is 3.00. The first-order valence-electron chi connectivity index (χ1n) is 7.26. The number of hydrogen-bond donors (Lipinski definition) is 1. The van der Waals surface area contributed by atoms with Gasteiger partial charge in [-0.1, -0.05) is 26.7 Å². The van der Waals surface area contributed by atoms with E-state index in [1.165, 1.54) is 12.8 Å². The van der Waals surface area contributed by atoms with Gasteiger partial charge in [0.15, 0.2) is 0 Å². The molecule has 104 valence electrons. The number of carbonyl (C=O) groups is 1. The summed E-state index contributed by atoms with van der Waals surface area (Å²) in [6.07, 6.45) is 3.69. The van der Waals surface area contributed by atoms with E-state index < -0.39 is 0 Å². The summed E-state index contributed by atoms with van der Waals surface area (Å²) in [6, 6.07) is 0.377. The van der Waals surface area contributed by atoms with E-state index in [1.807, 2.05) is 0 Å². The Kier molecular flexibility index (Phi) is 5.01. The first-order valence-corrected chi connectivity index (χ1v) is 7.26. The minimum atomic E-state index is 0.183. The summed E-state index contributed by atoms with van der Waals surface area (Å²) >= 11 is 0. The van der Waals surface area contributed by atoms with Gasteiger partial charge in [0, 0.05) is 19.1 Å². The highest BCUT2D eigenvalue weighted by Gasteiger charge is 2.28. The van der Waals surface area contributed by atoms with Crippen LogP contribution >= 0.6 is 0 Å². The lowest BCUT2D eigenvalue weighted by Crippen LogP contribution is -2.49. The van der Waals surface area contributed by atoms with Crippen molar-refractivity contribution < 1.29 is 9.53 Å². The number of nitrogens with one attached hydrogen (secondary N) is 1. The standard InChI is InChI=1S/C14H26N2O2/c1-11-4-3-5-13(12(11)2)15-14(17)10-16-6-8-18-9-7-16/h11-13H,3-10H2,1-2H3,(H,15,17). The fraction of sp³-hybridized carbons (Fsp3) is 0.929. The number of morpholine rings is 1. The van der Waals surface area contributed by atoms with Crippen LogP contribution in [-0.2, 0) is 9.53 Å². The van der Waals surface area contributed by atoms with Gasteiger partial charge in [0.2, 0.25) is 5.91 Å². The highest BCUT2D eigenvalue weighted by atomic mass is 16.5. The molecule has 0 aromatic carbocycles. The molecule has 3 unspecified atom stereocenters. The van der Waals surface area contributed by atoms with Crippen molar-refractivity contribution in [2.45, 2.75) is 39.2 Å². The third-order valence-corrected chi connectivity index (χ3v) is 4.52. The maximum absolute atomic E-state index is 12.0. The van der Waals surface area contributed by atoms with E-state index in [0.29, 0.717) is 18.5 Å². The fourth-order valence-electron chi connectivity index (χ4n) is 3.00. The molecule has 0 aromatic rings. The van der Waals surface area contributed by atoms with Crippen molar-refractivity contribution in [2.24, 2.45) is 11.8 Å². The molecule has 0 radical (unpaired) electrons. The summed E-state index contributed by atoms with van der Waals surface area (Å²) in [5.41, 5.74) is 0. The Morgan fingerprint density at radius 1 is 1.28 bits per heavy atom. The lowest BCUT2D eigenvalue weighted by atomic mass is 9.78. The van der Waals surface area contributed by atoms with Crippen molar-refractivity contribution in [3.8, 4) is 0 Å². The summed E-state index contributed by atoms with van der Waals surface area (Å²) in [7, 11) is 0. The average molecular weight is 254 g/mol. The molecule has 3 atom stereocenters. The number of ether oxygens (including phenoxy) is 1. The van der Waals surface area contributed by atoms with E-state index in [2.05, 4.69) is 24.1 Å². The molecule has 0 aromatic heterocycles. The number of carbonyl (C=O) groups excluding carboxylic acids is 1. The first kappa shape index (κ1) is 13.8. The van der Waals surface area contributed by atoms with Crippen LogP contribution in [-0.4, -0.2) is 49.7 Å². The molecular weight excluding hydrogens is 228 g/mol. The molecule has 0 bridgehead atoms. The number of nitrogens with zero attached hydrogens (tertiary/aromatic N) is 1. The Labute approximate surface area is 110 Å². The molecule has 1 aliphatic carbocycles. The quantitative estimate of drug-likeness (QED) is 0.824. The number of rotatable bonds is 3. The molecule has 1 amide bonds. The van der Waals surface area contributed by atoms with Crippen LogP contribution in [0.15, 0.2) is 0 Å². The molecule has 0 spiro atoms. The molecule has 1 saturated heterocycles. The highest BCUT2D eigenvalue weighted by Crippen LogP contribution is 2.29. The Balaban J connectivity index is 1.75. The van der Waals surface area contributed by atoms with Gasteiger partial charge in [-0.2, -0.15) is 0 Å². The summed E-state index contributed by atoms with van der Waals surface area (Å²) in [5, 5.41) is 3.22. The maximum Gasteiger partial charge on any atom is 0.234 e. The van der Waals surface area contributed by atoms with Gasteiger partial charge in [-0.3, -0.25) is 9.69 Å². The Hall–Kier alpha value is -0.610. The summed E-state index contributed by atoms with van der Waals surface area (Å²) in [4.78, 5) is 14.2. The molecule has 4 heteroatoms. The Morgan fingerprint density at radius 2 is 2.00 bits per heavy atom. The molecule has 2 fully saturated rings. The van der Waals surface area contributed by atoms with Crippen LogP contribution in [0.3, 0.4) is 0 Å². The zero-order chi connectivity index (χ0) is 13.0. The Bertz CT molecular complexity index is 277. The summed E-state index contributed by atoms with van der Waals surface area (Å²) in [6.45, 7) is 8.36. The van der Waals surface area contributed by atoms with Gasteiger partial charge in [-0.15, -0.1) is 0 Å². The minimum Gasteiger partial charge on any atom is -0.379 e. The van der Waals surface area contributed by atoms with Gasteiger partial charge in [0.1, 0.15) is 0 Å². The van der Waals surface area contributed by atoms with Crippen molar-refractivity contribution in [3.63, 3.8) is 0 Å². The molecule has 18 heavy (non-hydrogen) atoms. The smallest absolute Gasteiger partial charge is 0.234 e. The van der Waals surface area contributed by atoms with Crippen LogP contribution < -0.4 is 5.32 Å². The lowest BCUT2D eigenvalue weighted by Gasteiger charge is -2.35. The molecule has 1 saturated carbocycles. The van der Waals surface area contributed by atoms with Gasteiger partial charge >= 0.3 is 0 Å². The van der Waals surface area contributed by atoms with Crippen molar-refractivity contribution >= 4 is 5.91 Å². The van der Waals surface area contributed by atoms with Crippen LogP contribution in [0.25, 0.3) is 0 Å². The zero-order valence-electron chi connectivity index (χ0n) is 11.7. The van der Waals surface area contributed by atoms with E-state index in [0.717, 1.165) is 38.6 Å². The van der Waals surface area contributed by atoms with Crippen molar-refractivity contribution in [3.05, 3.63) is 0 Å². The van der Waals surface area contributed by atoms with Gasteiger partial charge in [0.05, 0.1) is 19.8 Å². The number of amides is 1. The average Bonchev–Trinajstić information content (AvgIpc) is 2.36. The second kappa shape index (κ2) is 6.53. The third kappa shape index (κ3) is 3.69.